The lowest BCUT2D eigenvalue weighted by Gasteiger charge is -2.14. The summed E-state index contributed by atoms with van der Waals surface area (Å²) in [5.74, 6) is -1.20. The Morgan fingerprint density at radius 3 is 2.68 bits per heavy atom. The molecule has 0 heterocycles. The van der Waals surface area contributed by atoms with Crippen LogP contribution in [-0.2, 0) is 14.3 Å². The first-order valence-electron chi connectivity index (χ1n) is 5.37. The number of methoxy groups -OCH3 is 1. The van der Waals surface area contributed by atoms with Crippen molar-refractivity contribution in [1.82, 2.24) is 0 Å². The highest BCUT2D eigenvalue weighted by molar-refractivity contribution is 6.41. The van der Waals surface area contributed by atoms with Crippen LogP contribution in [0.5, 0.6) is 0 Å². The molecule has 0 N–H and O–H groups in total. The molecule has 19 heavy (non-hydrogen) atoms. The predicted octanol–water partition coefficient (Wildman–Crippen LogP) is 1.55. The molecule has 0 aliphatic carbocycles. The maximum absolute atomic E-state index is 13.5. The van der Waals surface area contributed by atoms with Crippen molar-refractivity contribution in [1.29, 1.82) is 0 Å². The number of hydrazone groups is 1. The molecule has 6 heteroatoms. The van der Waals surface area contributed by atoms with E-state index in [0.717, 1.165) is 6.08 Å². The van der Waals surface area contributed by atoms with Crippen molar-refractivity contribution in [3.8, 4) is 0 Å². The second-order valence-electron chi connectivity index (χ2n) is 3.45. The third-order valence-electron chi connectivity index (χ3n) is 2.19. The third-order valence-corrected chi connectivity index (χ3v) is 2.19. The number of rotatable bonds is 5. The molecule has 1 aromatic carbocycles. The smallest absolute Gasteiger partial charge is 0.358 e. The van der Waals surface area contributed by atoms with Crippen molar-refractivity contribution in [2.45, 2.75) is 0 Å². The first-order chi connectivity index (χ1) is 9.10. The van der Waals surface area contributed by atoms with Gasteiger partial charge in [-0.15, -0.1) is 0 Å². The van der Waals surface area contributed by atoms with Gasteiger partial charge in [-0.05, 0) is 24.3 Å². The largest absolute Gasteiger partial charge is 0.464 e. The number of carbonyl (C=O) groups is 2. The summed E-state index contributed by atoms with van der Waals surface area (Å²) >= 11 is 0. The van der Waals surface area contributed by atoms with Gasteiger partial charge in [-0.3, -0.25) is 9.80 Å². The Hall–Kier alpha value is -2.50. The van der Waals surface area contributed by atoms with Gasteiger partial charge in [0.15, 0.2) is 5.71 Å². The molecule has 1 rings (SSSR count). The highest BCUT2D eigenvalue weighted by Crippen LogP contribution is 2.17. The topological polar surface area (TPSA) is 59.0 Å². The van der Waals surface area contributed by atoms with E-state index in [2.05, 4.69) is 9.84 Å². The number of carbonyl (C=O) groups excluding carboxylic acids is 2. The van der Waals surface area contributed by atoms with Crippen LogP contribution in [0.15, 0.2) is 41.5 Å². The average molecular weight is 264 g/mol. The molecule has 5 nitrogen and oxygen atoms in total. The lowest BCUT2D eigenvalue weighted by Crippen LogP contribution is -2.20. The molecule has 0 bridgehead atoms. The Kier molecular flexibility index (Phi) is 5.40. The molecular formula is C13H13FN2O3. The molecule has 0 saturated heterocycles. The van der Waals surface area contributed by atoms with Crippen molar-refractivity contribution < 1.29 is 18.7 Å². The first kappa shape index (κ1) is 14.6. The summed E-state index contributed by atoms with van der Waals surface area (Å²) in [6.45, 7) is 0. The van der Waals surface area contributed by atoms with E-state index >= 15 is 0 Å². The SMILES string of the molecule is COC(=O)C(/C=C\C=O)=N/N(C)c1ccccc1F. The zero-order valence-corrected chi connectivity index (χ0v) is 10.5. The van der Waals surface area contributed by atoms with Crippen LogP contribution >= 0.6 is 0 Å². The van der Waals surface area contributed by atoms with Crippen LogP contribution < -0.4 is 5.01 Å². The second kappa shape index (κ2) is 7.05. The number of hydrogen-bond donors (Lipinski definition) is 0. The molecule has 0 fully saturated rings. The van der Waals surface area contributed by atoms with E-state index in [9.17, 15) is 14.0 Å². The highest BCUT2D eigenvalue weighted by atomic mass is 19.1. The van der Waals surface area contributed by atoms with Crippen LogP contribution in [0, 0.1) is 5.82 Å². The Bertz CT molecular complexity index is 526. The normalized spacial score (nSPS) is 11.4. The molecule has 0 amide bonds. The summed E-state index contributed by atoms with van der Waals surface area (Å²) in [6, 6.07) is 5.98. The van der Waals surface area contributed by atoms with Gasteiger partial charge < -0.3 is 4.74 Å². The summed E-state index contributed by atoms with van der Waals surface area (Å²) in [6.07, 6.45) is 2.79. The molecule has 0 atom stereocenters. The molecule has 0 radical (unpaired) electrons. The van der Waals surface area contributed by atoms with E-state index in [1.54, 1.807) is 12.1 Å². The van der Waals surface area contributed by atoms with Crippen molar-refractivity contribution in [2.24, 2.45) is 5.10 Å². The minimum atomic E-state index is -0.721. The van der Waals surface area contributed by atoms with Gasteiger partial charge in [0.2, 0.25) is 0 Å². The van der Waals surface area contributed by atoms with Gasteiger partial charge in [0, 0.05) is 7.05 Å². The lowest BCUT2D eigenvalue weighted by atomic mass is 10.3. The third kappa shape index (κ3) is 4.02. The van der Waals surface area contributed by atoms with Gasteiger partial charge in [0.25, 0.3) is 0 Å². The average Bonchev–Trinajstić information content (AvgIpc) is 2.42. The summed E-state index contributed by atoms with van der Waals surface area (Å²) < 4.78 is 18.0. The minimum Gasteiger partial charge on any atom is -0.464 e. The molecule has 100 valence electrons. The summed E-state index contributed by atoms with van der Waals surface area (Å²) in [5.41, 5.74) is 0.0868. The van der Waals surface area contributed by atoms with Crippen molar-refractivity contribution in [3.63, 3.8) is 0 Å². The van der Waals surface area contributed by atoms with Crippen LogP contribution in [0.1, 0.15) is 0 Å². The van der Waals surface area contributed by atoms with Gasteiger partial charge in [-0.1, -0.05) is 12.1 Å². The number of halogens is 1. The molecule has 0 aromatic heterocycles. The van der Waals surface area contributed by atoms with Crippen LogP contribution in [0.2, 0.25) is 0 Å². The van der Waals surface area contributed by atoms with Crippen molar-refractivity contribution in [2.75, 3.05) is 19.2 Å². The van der Waals surface area contributed by atoms with Gasteiger partial charge in [-0.2, -0.15) is 5.10 Å². The standard InChI is InChI=1S/C13H13FN2O3/c1-16(12-8-4-3-6-10(12)14)15-11(7-5-9-17)13(18)19-2/h3-9H,1-2H3/b7-5-,15-11+. The maximum atomic E-state index is 13.5. The summed E-state index contributed by atoms with van der Waals surface area (Å²) in [4.78, 5) is 21.7. The predicted molar refractivity (Wildman–Crippen MR) is 69.5 cm³/mol. The molecular weight excluding hydrogens is 251 g/mol. The highest BCUT2D eigenvalue weighted by Gasteiger charge is 2.12. The molecule has 0 spiro atoms. The fourth-order valence-corrected chi connectivity index (χ4v) is 1.31. The maximum Gasteiger partial charge on any atom is 0.358 e. The van der Waals surface area contributed by atoms with Crippen LogP contribution in [0.3, 0.4) is 0 Å². The molecule has 0 saturated carbocycles. The van der Waals surface area contributed by atoms with Gasteiger partial charge in [0.05, 0.1) is 12.8 Å². The number of nitrogens with zero attached hydrogens (tertiary/aromatic N) is 2. The zero-order chi connectivity index (χ0) is 14.3. The zero-order valence-electron chi connectivity index (χ0n) is 10.5. The van der Waals surface area contributed by atoms with E-state index in [1.807, 2.05) is 0 Å². The lowest BCUT2D eigenvalue weighted by molar-refractivity contribution is -0.132. The summed E-state index contributed by atoms with van der Waals surface area (Å²) in [5, 5.41) is 5.10. The number of esters is 1. The monoisotopic (exact) mass is 264 g/mol. The van der Waals surface area contributed by atoms with Crippen LogP contribution in [0.25, 0.3) is 0 Å². The molecule has 1 aromatic rings. The Labute approximate surface area is 110 Å². The number of hydrogen-bond acceptors (Lipinski definition) is 5. The van der Waals surface area contributed by atoms with E-state index in [0.29, 0.717) is 6.29 Å². The Morgan fingerprint density at radius 1 is 1.42 bits per heavy atom. The van der Waals surface area contributed by atoms with Crippen LogP contribution in [-0.4, -0.2) is 32.1 Å². The van der Waals surface area contributed by atoms with Gasteiger partial charge in [-0.25, -0.2) is 9.18 Å². The minimum absolute atomic E-state index is 0.111. The molecule has 0 aliphatic rings. The number of ether oxygens (including phenoxy) is 1. The fraction of sp³-hybridized carbons (Fsp3) is 0.154. The number of allylic oxidation sites excluding steroid dienone is 1. The Balaban J connectivity index is 3.08. The van der Waals surface area contributed by atoms with E-state index in [4.69, 9.17) is 0 Å². The van der Waals surface area contributed by atoms with Gasteiger partial charge in [0.1, 0.15) is 12.1 Å². The van der Waals surface area contributed by atoms with Gasteiger partial charge >= 0.3 is 5.97 Å². The van der Waals surface area contributed by atoms with Crippen molar-refractivity contribution >= 4 is 23.7 Å². The second-order valence-corrected chi connectivity index (χ2v) is 3.45. The quantitative estimate of drug-likeness (QED) is 0.266. The van der Waals surface area contributed by atoms with Crippen LogP contribution in [0.4, 0.5) is 10.1 Å². The fourth-order valence-electron chi connectivity index (χ4n) is 1.31. The number of para-hydroxylation sites is 1. The van der Waals surface area contributed by atoms with E-state index < -0.39 is 11.8 Å². The first-order valence-corrected chi connectivity index (χ1v) is 5.37. The molecule has 0 aliphatic heterocycles. The van der Waals surface area contributed by atoms with Crippen molar-refractivity contribution in [3.05, 3.63) is 42.2 Å². The number of benzene rings is 1. The Morgan fingerprint density at radius 2 is 2.11 bits per heavy atom. The van der Waals surface area contributed by atoms with E-state index in [1.165, 1.54) is 37.4 Å². The summed E-state index contributed by atoms with van der Waals surface area (Å²) in [7, 11) is 2.67. The number of aldehydes is 1. The number of anilines is 1. The van der Waals surface area contributed by atoms with E-state index in [-0.39, 0.29) is 11.4 Å². The molecule has 0 unspecified atom stereocenters.